The molecule has 1 aromatic heterocycles. The van der Waals surface area contributed by atoms with E-state index in [-0.39, 0.29) is 22.8 Å². The first-order valence-corrected chi connectivity index (χ1v) is 9.08. The molecule has 4 atom stereocenters. The SMILES string of the molecule is C[C@H](F)[C@H]1OC(N)=N[C@](C)(c2cc(NC(=O)c3cnc(OCF)cn3)ccc2F)[C@H]1F. The maximum atomic E-state index is 15.1. The number of nitrogens with one attached hydrogen (secondary N) is 1. The van der Waals surface area contributed by atoms with Crippen molar-refractivity contribution in [3.8, 4) is 5.88 Å². The summed E-state index contributed by atoms with van der Waals surface area (Å²) in [5, 5.41) is 2.46. The summed E-state index contributed by atoms with van der Waals surface area (Å²) in [6.07, 6.45) is -3.27. The fourth-order valence-corrected chi connectivity index (χ4v) is 3.12. The predicted octanol–water partition coefficient (Wildman–Crippen LogP) is 2.80. The molecule has 2 heterocycles. The Morgan fingerprint density at radius 1 is 1.39 bits per heavy atom. The molecular weight excluding hydrogens is 422 g/mol. The molecule has 8 nitrogen and oxygen atoms in total. The lowest BCUT2D eigenvalue weighted by atomic mass is 9.83. The van der Waals surface area contributed by atoms with E-state index in [1.165, 1.54) is 13.0 Å². The number of nitrogens with zero attached hydrogens (tertiary/aromatic N) is 3. The molecule has 2 aromatic rings. The van der Waals surface area contributed by atoms with Gasteiger partial charge in [0.1, 0.15) is 23.2 Å². The Morgan fingerprint density at radius 3 is 2.74 bits per heavy atom. The van der Waals surface area contributed by atoms with Gasteiger partial charge in [0.15, 0.2) is 12.3 Å². The third kappa shape index (κ3) is 4.52. The first kappa shape index (κ1) is 22.2. The number of benzene rings is 1. The predicted molar refractivity (Wildman–Crippen MR) is 102 cm³/mol. The smallest absolute Gasteiger partial charge is 0.283 e. The molecule has 1 aliphatic rings. The molecule has 0 aliphatic carbocycles. The van der Waals surface area contributed by atoms with Crippen LogP contribution in [0.4, 0.5) is 23.2 Å². The van der Waals surface area contributed by atoms with Crippen LogP contribution in [0, 0.1) is 5.82 Å². The van der Waals surface area contributed by atoms with Crippen molar-refractivity contribution < 1.29 is 31.8 Å². The number of rotatable bonds is 6. The maximum Gasteiger partial charge on any atom is 0.283 e. The van der Waals surface area contributed by atoms with Crippen molar-refractivity contribution in [2.45, 2.75) is 37.8 Å². The fourth-order valence-electron chi connectivity index (χ4n) is 3.12. The molecule has 1 aromatic carbocycles. The van der Waals surface area contributed by atoms with Gasteiger partial charge in [0, 0.05) is 11.3 Å². The van der Waals surface area contributed by atoms with Crippen LogP contribution in [0.15, 0.2) is 35.6 Å². The highest BCUT2D eigenvalue weighted by Gasteiger charge is 2.50. The van der Waals surface area contributed by atoms with Crippen molar-refractivity contribution in [2.75, 3.05) is 12.2 Å². The third-order valence-corrected chi connectivity index (χ3v) is 4.71. The monoisotopic (exact) mass is 441 g/mol. The number of amides is 1. The van der Waals surface area contributed by atoms with Crippen molar-refractivity contribution in [1.82, 2.24) is 9.97 Å². The van der Waals surface area contributed by atoms with Gasteiger partial charge in [0.2, 0.25) is 12.7 Å². The van der Waals surface area contributed by atoms with E-state index >= 15 is 4.39 Å². The number of ether oxygens (including phenoxy) is 2. The molecule has 1 aliphatic heterocycles. The van der Waals surface area contributed by atoms with Gasteiger partial charge in [-0.1, -0.05) is 0 Å². The van der Waals surface area contributed by atoms with Crippen LogP contribution in [0.5, 0.6) is 5.88 Å². The van der Waals surface area contributed by atoms with E-state index < -0.39 is 48.6 Å². The molecule has 0 unspecified atom stereocenters. The van der Waals surface area contributed by atoms with Gasteiger partial charge in [-0.15, -0.1) is 0 Å². The number of halogens is 4. The summed E-state index contributed by atoms with van der Waals surface area (Å²) in [6.45, 7) is 1.24. The normalized spacial score (nSPS) is 24.0. The number of hydrogen-bond donors (Lipinski definition) is 2. The summed E-state index contributed by atoms with van der Waals surface area (Å²) in [4.78, 5) is 23.8. The van der Waals surface area contributed by atoms with Crippen LogP contribution < -0.4 is 15.8 Å². The van der Waals surface area contributed by atoms with Crippen LogP contribution in [0.2, 0.25) is 0 Å². The van der Waals surface area contributed by atoms with E-state index in [4.69, 9.17) is 10.5 Å². The Bertz CT molecular complexity index is 989. The summed E-state index contributed by atoms with van der Waals surface area (Å²) in [5.41, 5.74) is 3.37. The molecule has 0 bridgehead atoms. The molecular formula is C19H19F4N5O3. The Morgan fingerprint density at radius 2 is 2.13 bits per heavy atom. The van der Waals surface area contributed by atoms with E-state index in [0.717, 1.165) is 31.5 Å². The summed E-state index contributed by atoms with van der Waals surface area (Å²) in [7, 11) is 0. The quantitative estimate of drug-likeness (QED) is 0.667. The lowest BCUT2D eigenvalue weighted by molar-refractivity contribution is -0.0230. The number of alkyl halides is 3. The fraction of sp³-hybridized carbons (Fsp3) is 0.368. The lowest BCUT2D eigenvalue weighted by Gasteiger charge is -2.39. The molecule has 1 amide bonds. The standard InChI is InChI=1S/C19H19F4N5O3/c1-9(21)15-16(23)19(2,28-18(24)31-15)11-5-10(3-4-12(11)22)27-17(29)13-6-26-14(7-25-13)30-8-20/h3-7,9,15-16H,8H2,1-2H3,(H2,24,28)(H,27,29)/t9-,15+,16-,19+/m0/s1. The van der Waals surface area contributed by atoms with Crippen LogP contribution in [-0.4, -0.2) is 47.2 Å². The molecule has 31 heavy (non-hydrogen) atoms. The number of anilines is 1. The van der Waals surface area contributed by atoms with Crippen LogP contribution in [-0.2, 0) is 10.3 Å². The molecule has 3 N–H and O–H groups in total. The molecule has 0 radical (unpaired) electrons. The van der Waals surface area contributed by atoms with Gasteiger partial charge in [-0.05, 0) is 32.0 Å². The highest BCUT2D eigenvalue weighted by atomic mass is 19.2. The third-order valence-electron chi connectivity index (χ3n) is 4.71. The van der Waals surface area contributed by atoms with E-state index in [2.05, 4.69) is 25.0 Å². The highest BCUT2D eigenvalue weighted by molar-refractivity contribution is 6.02. The second kappa shape index (κ2) is 8.74. The Hall–Kier alpha value is -3.44. The zero-order valence-electron chi connectivity index (χ0n) is 16.5. The Kier molecular flexibility index (Phi) is 6.27. The van der Waals surface area contributed by atoms with E-state index in [1.807, 2.05) is 0 Å². The number of aliphatic imine (C=N–C) groups is 1. The first-order chi connectivity index (χ1) is 14.7. The maximum absolute atomic E-state index is 15.1. The van der Waals surface area contributed by atoms with Crippen molar-refractivity contribution in [2.24, 2.45) is 10.7 Å². The lowest BCUT2D eigenvalue weighted by Crippen LogP contribution is -2.52. The summed E-state index contributed by atoms with van der Waals surface area (Å²) < 4.78 is 65.1. The van der Waals surface area contributed by atoms with Crippen molar-refractivity contribution in [3.63, 3.8) is 0 Å². The highest BCUT2D eigenvalue weighted by Crippen LogP contribution is 2.40. The van der Waals surface area contributed by atoms with Gasteiger partial charge in [-0.2, -0.15) is 0 Å². The number of carbonyl (C=O) groups excluding carboxylic acids is 1. The average molecular weight is 441 g/mol. The second-order valence-corrected chi connectivity index (χ2v) is 6.90. The molecule has 0 saturated heterocycles. The summed E-state index contributed by atoms with van der Waals surface area (Å²) in [6, 6.07) is 2.92. The second-order valence-electron chi connectivity index (χ2n) is 6.90. The van der Waals surface area contributed by atoms with Gasteiger partial charge in [-0.3, -0.25) is 4.79 Å². The minimum atomic E-state index is -2.06. The van der Waals surface area contributed by atoms with Gasteiger partial charge in [-0.25, -0.2) is 32.5 Å². The van der Waals surface area contributed by atoms with Gasteiger partial charge in [0.25, 0.3) is 11.9 Å². The van der Waals surface area contributed by atoms with Crippen LogP contribution in [0.25, 0.3) is 0 Å². The van der Waals surface area contributed by atoms with Crippen molar-refractivity contribution in [3.05, 3.63) is 47.7 Å². The van der Waals surface area contributed by atoms with E-state index in [1.54, 1.807) is 0 Å². The molecule has 12 heteroatoms. The number of hydrogen-bond acceptors (Lipinski definition) is 7. The average Bonchev–Trinajstić information content (AvgIpc) is 2.72. The van der Waals surface area contributed by atoms with Gasteiger partial charge >= 0.3 is 0 Å². The molecule has 0 spiro atoms. The number of nitrogens with two attached hydrogens (primary N) is 1. The van der Waals surface area contributed by atoms with Crippen LogP contribution in [0.1, 0.15) is 29.9 Å². The van der Waals surface area contributed by atoms with Crippen LogP contribution >= 0.6 is 0 Å². The van der Waals surface area contributed by atoms with Crippen molar-refractivity contribution in [1.29, 1.82) is 0 Å². The summed E-state index contributed by atoms with van der Waals surface area (Å²) >= 11 is 0. The van der Waals surface area contributed by atoms with Gasteiger partial charge < -0.3 is 20.5 Å². The zero-order valence-corrected chi connectivity index (χ0v) is 16.5. The van der Waals surface area contributed by atoms with Gasteiger partial charge in [0.05, 0.1) is 12.4 Å². The first-order valence-electron chi connectivity index (χ1n) is 9.08. The molecule has 3 rings (SSSR count). The number of aromatic nitrogens is 2. The van der Waals surface area contributed by atoms with Crippen LogP contribution in [0.3, 0.4) is 0 Å². The Balaban J connectivity index is 1.89. The molecule has 166 valence electrons. The minimum Gasteiger partial charge on any atom is -0.456 e. The largest absolute Gasteiger partial charge is 0.456 e. The zero-order chi connectivity index (χ0) is 22.8. The minimum absolute atomic E-state index is 0.0887. The van der Waals surface area contributed by atoms with E-state index in [9.17, 15) is 18.0 Å². The number of carbonyl (C=O) groups is 1. The number of amidine groups is 1. The topological polar surface area (TPSA) is 112 Å². The summed E-state index contributed by atoms with van der Waals surface area (Å²) in [5.74, 6) is -1.67. The molecule has 0 saturated carbocycles. The van der Waals surface area contributed by atoms with E-state index in [0.29, 0.717) is 0 Å². The Labute approximate surface area is 174 Å². The molecule has 0 fully saturated rings. The van der Waals surface area contributed by atoms with Crippen molar-refractivity contribution >= 4 is 17.6 Å².